The van der Waals surface area contributed by atoms with Gasteiger partial charge < -0.3 is 4.90 Å². The van der Waals surface area contributed by atoms with Crippen LogP contribution < -0.4 is 0 Å². The summed E-state index contributed by atoms with van der Waals surface area (Å²) >= 11 is 7.68. The topological polar surface area (TPSA) is 3.24 Å². The number of halogens is 1. The van der Waals surface area contributed by atoms with Crippen LogP contribution in [0.3, 0.4) is 0 Å². The van der Waals surface area contributed by atoms with Crippen molar-refractivity contribution in [3.63, 3.8) is 0 Å². The van der Waals surface area contributed by atoms with Crippen molar-refractivity contribution in [2.24, 2.45) is 0 Å². The molecular formula is C16H20ClNS. The fraction of sp³-hybridized carbons (Fsp3) is 0.250. The molecular weight excluding hydrogens is 274 g/mol. The van der Waals surface area contributed by atoms with Gasteiger partial charge >= 0.3 is 0 Å². The zero-order chi connectivity index (χ0) is 14.6. The van der Waals surface area contributed by atoms with Gasteiger partial charge in [-0.1, -0.05) is 42.6 Å². The van der Waals surface area contributed by atoms with Crippen molar-refractivity contribution in [1.82, 2.24) is 4.90 Å². The van der Waals surface area contributed by atoms with Gasteiger partial charge in [0.2, 0.25) is 0 Å². The molecule has 0 atom stereocenters. The van der Waals surface area contributed by atoms with E-state index in [9.17, 15) is 0 Å². The fourth-order valence-corrected chi connectivity index (χ4v) is 3.12. The Morgan fingerprint density at radius 2 is 1.95 bits per heavy atom. The number of nitrogens with zero attached hydrogens (tertiary/aromatic N) is 1. The summed E-state index contributed by atoms with van der Waals surface area (Å²) in [7, 11) is 2.00. The van der Waals surface area contributed by atoms with E-state index < -0.39 is 0 Å². The SMILES string of the molecule is C=C(C)/C(=C/C)N(C)C(=C)Sc1cc(C)cc(Cl)c1. The maximum atomic E-state index is 6.07. The summed E-state index contributed by atoms with van der Waals surface area (Å²) in [5.41, 5.74) is 3.25. The molecule has 0 radical (unpaired) electrons. The normalized spacial score (nSPS) is 11.3. The standard InChI is InChI=1S/C16H20ClNS/c1-7-16(11(2)3)18(6)13(5)19-15-9-12(4)8-14(17)10-15/h7-10H,2,5H2,1,3-4,6H3/b16-7-. The fourth-order valence-electron chi connectivity index (χ4n) is 1.83. The second-order valence-corrected chi connectivity index (χ2v) is 6.06. The molecule has 0 aliphatic rings. The molecule has 0 amide bonds. The highest BCUT2D eigenvalue weighted by atomic mass is 35.5. The summed E-state index contributed by atoms with van der Waals surface area (Å²) in [6, 6.07) is 6.00. The number of thioether (sulfide) groups is 1. The van der Waals surface area contributed by atoms with E-state index >= 15 is 0 Å². The van der Waals surface area contributed by atoms with E-state index in [1.165, 1.54) is 0 Å². The molecule has 1 aromatic carbocycles. The molecule has 0 saturated heterocycles. The summed E-state index contributed by atoms with van der Waals surface area (Å²) in [5, 5.41) is 1.70. The minimum atomic E-state index is 0.754. The molecule has 1 rings (SSSR count). The van der Waals surface area contributed by atoms with Crippen LogP contribution in [-0.4, -0.2) is 11.9 Å². The van der Waals surface area contributed by atoms with Gasteiger partial charge in [0.05, 0.1) is 5.03 Å². The van der Waals surface area contributed by atoms with Crippen LogP contribution >= 0.6 is 23.4 Å². The number of allylic oxidation sites excluding steroid dienone is 2. The summed E-state index contributed by atoms with van der Waals surface area (Å²) in [6.07, 6.45) is 2.04. The van der Waals surface area contributed by atoms with Crippen LogP contribution in [0.2, 0.25) is 5.02 Å². The maximum absolute atomic E-state index is 6.07. The second kappa shape index (κ2) is 6.88. The molecule has 0 unspecified atom stereocenters. The molecule has 19 heavy (non-hydrogen) atoms. The molecule has 1 nitrogen and oxygen atoms in total. The van der Waals surface area contributed by atoms with Crippen molar-refractivity contribution in [2.75, 3.05) is 7.05 Å². The Kier molecular flexibility index (Phi) is 5.77. The number of benzene rings is 1. The average molecular weight is 294 g/mol. The largest absolute Gasteiger partial charge is 0.340 e. The highest BCUT2D eigenvalue weighted by Gasteiger charge is 2.10. The quantitative estimate of drug-likeness (QED) is 0.512. The molecule has 0 aliphatic carbocycles. The van der Waals surface area contributed by atoms with E-state index in [1.54, 1.807) is 11.8 Å². The molecule has 0 fully saturated rings. The summed E-state index contributed by atoms with van der Waals surface area (Å²) in [5.74, 6) is 0. The smallest absolute Gasteiger partial charge is 0.0724 e. The van der Waals surface area contributed by atoms with Crippen LogP contribution in [0.1, 0.15) is 19.4 Å². The highest BCUT2D eigenvalue weighted by molar-refractivity contribution is 8.03. The van der Waals surface area contributed by atoms with E-state index in [0.29, 0.717) is 0 Å². The van der Waals surface area contributed by atoms with Crippen molar-refractivity contribution in [3.8, 4) is 0 Å². The molecule has 0 aliphatic heterocycles. The van der Waals surface area contributed by atoms with Crippen molar-refractivity contribution >= 4 is 23.4 Å². The van der Waals surface area contributed by atoms with Gasteiger partial charge in [0.1, 0.15) is 0 Å². The Morgan fingerprint density at radius 3 is 2.42 bits per heavy atom. The number of aryl methyl sites for hydroxylation is 1. The zero-order valence-corrected chi connectivity index (χ0v) is 13.5. The zero-order valence-electron chi connectivity index (χ0n) is 12.0. The van der Waals surface area contributed by atoms with Crippen LogP contribution in [0.25, 0.3) is 0 Å². The lowest BCUT2D eigenvalue weighted by atomic mass is 10.2. The molecule has 102 valence electrons. The van der Waals surface area contributed by atoms with Gasteiger partial charge in [0, 0.05) is 22.7 Å². The van der Waals surface area contributed by atoms with Crippen LogP contribution in [0.15, 0.2) is 58.6 Å². The molecule has 0 aromatic heterocycles. The first-order valence-corrected chi connectivity index (χ1v) is 7.24. The summed E-state index contributed by atoms with van der Waals surface area (Å²) in [4.78, 5) is 3.14. The summed E-state index contributed by atoms with van der Waals surface area (Å²) in [6.45, 7) is 14.1. The molecule has 0 N–H and O–H groups in total. The van der Waals surface area contributed by atoms with Crippen molar-refractivity contribution in [3.05, 3.63) is 64.3 Å². The minimum absolute atomic E-state index is 0.754. The Labute approximate surface area is 125 Å². The van der Waals surface area contributed by atoms with E-state index in [1.807, 2.05) is 50.9 Å². The lowest BCUT2D eigenvalue weighted by Crippen LogP contribution is -2.15. The van der Waals surface area contributed by atoms with Crippen LogP contribution in [0.4, 0.5) is 0 Å². The second-order valence-electron chi connectivity index (χ2n) is 4.47. The number of hydrogen-bond acceptors (Lipinski definition) is 2. The monoisotopic (exact) mass is 293 g/mol. The van der Waals surface area contributed by atoms with Gasteiger partial charge in [-0.15, -0.1) is 0 Å². The summed E-state index contributed by atoms with van der Waals surface area (Å²) < 4.78 is 0. The molecule has 0 heterocycles. The third-order valence-electron chi connectivity index (χ3n) is 2.70. The van der Waals surface area contributed by atoms with Crippen molar-refractivity contribution in [1.29, 1.82) is 0 Å². The number of rotatable bonds is 5. The first kappa shape index (κ1) is 15.9. The van der Waals surface area contributed by atoms with E-state index in [2.05, 4.69) is 19.2 Å². The van der Waals surface area contributed by atoms with E-state index in [0.717, 1.165) is 31.8 Å². The molecule has 3 heteroatoms. The van der Waals surface area contributed by atoms with Gasteiger partial charge in [-0.05, 0) is 50.1 Å². The van der Waals surface area contributed by atoms with E-state index in [-0.39, 0.29) is 0 Å². The number of hydrogen-bond donors (Lipinski definition) is 0. The third kappa shape index (κ3) is 4.48. The Bertz CT molecular complexity index is 511. The Balaban J connectivity index is 2.87. The predicted molar refractivity (Wildman–Crippen MR) is 87.5 cm³/mol. The highest BCUT2D eigenvalue weighted by Crippen LogP contribution is 2.32. The Morgan fingerprint density at radius 1 is 1.32 bits per heavy atom. The lowest BCUT2D eigenvalue weighted by Gasteiger charge is -2.24. The molecule has 1 aromatic rings. The van der Waals surface area contributed by atoms with Gasteiger partial charge in [0.15, 0.2) is 0 Å². The predicted octanol–water partition coefficient (Wildman–Crippen LogP) is 5.62. The minimum Gasteiger partial charge on any atom is -0.340 e. The van der Waals surface area contributed by atoms with Crippen molar-refractivity contribution in [2.45, 2.75) is 25.7 Å². The van der Waals surface area contributed by atoms with Crippen LogP contribution in [0.5, 0.6) is 0 Å². The maximum Gasteiger partial charge on any atom is 0.0724 e. The van der Waals surface area contributed by atoms with Gasteiger partial charge in [-0.3, -0.25) is 0 Å². The van der Waals surface area contributed by atoms with Crippen LogP contribution in [0, 0.1) is 6.92 Å². The van der Waals surface area contributed by atoms with Gasteiger partial charge in [-0.25, -0.2) is 0 Å². The lowest BCUT2D eigenvalue weighted by molar-refractivity contribution is 0.566. The first-order chi connectivity index (χ1) is 8.85. The average Bonchev–Trinajstić information content (AvgIpc) is 2.27. The Hall–Kier alpha value is -1.12. The van der Waals surface area contributed by atoms with Gasteiger partial charge in [0.25, 0.3) is 0 Å². The first-order valence-electron chi connectivity index (χ1n) is 6.05. The molecule has 0 spiro atoms. The molecule has 0 bridgehead atoms. The molecule has 0 saturated carbocycles. The number of likely N-dealkylation sites (N-methyl/N-ethyl adjacent to an activating group) is 1. The van der Waals surface area contributed by atoms with Crippen LogP contribution in [-0.2, 0) is 0 Å². The third-order valence-corrected chi connectivity index (χ3v) is 3.90. The van der Waals surface area contributed by atoms with Gasteiger partial charge in [-0.2, -0.15) is 0 Å². The van der Waals surface area contributed by atoms with Crippen molar-refractivity contribution < 1.29 is 0 Å². The van der Waals surface area contributed by atoms with E-state index in [4.69, 9.17) is 11.6 Å².